The van der Waals surface area contributed by atoms with Crippen molar-refractivity contribution in [3.05, 3.63) is 28.8 Å². The smallest absolute Gasteiger partial charge is 0.207 e. The van der Waals surface area contributed by atoms with Gasteiger partial charge in [-0.05, 0) is 39.0 Å². The third kappa shape index (κ3) is 4.36. The molecule has 0 aliphatic heterocycles. The van der Waals surface area contributed by atoms with Gasteiger partial charge in [-0.25, -0.2) is 13.1 Å². The Bertz CT molecular complexity index is 577. The van der Waals surface area contributed by atoms with Gasteiger partial charge in [0.2, 0.25) is 10.0 Å². The molecule has 8 heteroatoms. The topological polar surface area (TPSA) is 46.2 Å². The van der Waals surface area contributed by atoms with Gasteiger partial charge in [0.25, 0.3) is 0 Å². The lowest BCUT2D eigenvalue weighted by atomic mass is 10.1. The average molecular weight is 316 g/mol. The maximum absolute atomic E-state index is 12.8. The van der Waals surface area contributed by atoms with E-state index in [2.05, 4.69) is 4.72 Å². The van der Waals surface area contributed by atoms with Crippen LogP contribution in [-0.4, -0.2) is 14.0 Å². The van der Waals surface area contributed by atoms with E-state index < -0.39 is 32.2 Å². The van der Waals surface area contributed by atoms with Crippen molar-refractivity contribution >= 4 is 21.6 Å². The van der Waals surface area contributed by atoms with Crippen LogP contribution in [0.25, 0.3) is 0 Å². The van der Waals surface area contributed by atoms with Gasteiger partial charge < -0.3 is 0 Å². The lowest BCUT2D eigenvalue weighted by Crippen LogP contribution is -2.41. The van der Waals surface area contributed by atoms with Gasteiger partial charge in [0.1, 0.15) is 0 Å². The van der Waals surface area contributed by atoms with Gasteiger partial charge in [0.05, 0.1) is 10.5 Å². The third-order valence-electron chi connectivity index (χ3n) is 1.98. The van der Waals surface area contributed by atoms with Crippen LogP contribution in [0, 0.1) is 0 Å². The van der Waals surface area contributed by atoms with E-state index in [1.807, 2.05) is 0 Å². The van der Waals surface area contributed by atoms with Gasteiger partial charge in [0.15, 0.2) is 0 Å². The molecule has 1 aromatic rings. The quantitative estimate of drug-likeness (QED) is 0.908. The molecule has 0 aliphatic carbocycles. The number of sulfonamides is 1. The lowest BCUT2D eigenvalue weighted by molar-refractivity contribution is -0.139. The van der Waals surface area contributed by atoms with Crippen LogP contribution in [0.3, 0.4) is 0 Å². The van der Waals surface area contributed by atoms with E-state index in [9.17, 15) is 21.6 Å². The van der Waals surface area contributed by atoms with Crippen LogP contribution in [0.1, 0.15) is 26.3 Å². The summed E-state index contributed by atoms with van der Waals surface area (Å²) < 4.78 is 64.6. The minimum Gasteiger partial charge on any atom is -0.207 e. The monoisotopic (exact) mass is 315 g/mol. The van der Waals surface area contributed by atoms with Crippen LogP contribution in [0.5, 0.6) is 0 Å². The van der Waals surface area contributed by atoms with Gasteiger partial charge in [-0.15, -0.1) is 0 Å². The predicted octanol–water partition coefficient (Wildman–Crippen LogP) is 3.44. The Labute approximate surface area is 114 Å². The molecule has 19 heavy (non-hydrogen) atoms. The summed E-state index contributed by atoms with van der Waals surface area (Å²) in [5.74, 6) is 0. The second kappa shape index (κ2) is 4.96. The summed E-state index contributed by atoms with van der Waals surface area (Å²) in [4.78, 5) is -0.834. The van der Waals surface area contributed by atoms with Crippen LogP contribution in [-0.2, 0) is 16.2 Å². The SMILES string of the molecule is CC(C)(C)NS(=O)(=O)c1ccc(Cl)cc1C(F)(F)F. The fourth-order valence-corrected chi connectivity index (χ4v) is 3.22. The molecule has 0 bridgehead atoms. The van der Waals surface area contributed by atoms with E-state index in [-0.39, 0.29) is 5.02 Å². The zero-order valence-electron chi connectivity index (χ0n) is 10.5. The van der Waals surface area contributed by atoms with Crippen molar-refractivity contribution in [2.75, 3.05) is 0 Å². The Morgan fingerprint density at radius 3 is 2.11 bits per heavy atom. The Hall–Kier alpha value is -0.790. The number of halogens is 4. The first kappa shape index (κ1) is 16.3. The van der Waals surface area contributed by atoms with E-state index in [1.54, 1.807) is 0 Å². The highest BCUT2D eigenvalue weighted by Crippen LogP contribution is 2.36. The molecule has 0 amide bonds. The molecule has 0 aromatic heterocycles. The molecular formula is C11H13ClF3NO2S. The summed E-state index contributed by atoms with van der Waals surface area (Å²) in [5.41, 5.74) is -2.17. The number of nitrogens with one attached hydrogen (secondary N) is 1. The first-order chi connectivity index (χ1) is 8.33. The van der Waals surface area contributed by atoms with Crippen molar-refractivity contribution in [2.45, 2.75) is 37.4 Å². The van der Waals surface area contributed by atoms with Crippen molar-refractivity contribution in [3.8, 4) is 0 Å². The summed E-state index contributed by atoms with van der Waals surface area (Å²) in [5, 5.41) is -0.179. The molecule has 0 radical (unpaired) electrons. The fraction of sp³-hybridized carbons (Fsp3) is 0.455. The normalized spacial score (nSPS) is 13.6. The zero-order valence-corrected chi connectivity index (χ0v) is 12.0. The van der Waals surface area contributed by atoms with Crippen molar-refractivity contribution in [2.24, 2.45) is 0 Å². The lowest BCUT2D eigenvalue weighted by Gasteiger charge is -2.22. The predicted molar refractivity (Wildman–Crippen MR) is 66.5 cm³/mol. The van der Waals surface area contributed by atoms with E-state index in [0.29, 0.717) is 6.07 Å². The second-order valence-corrected chi connectivity index (χ2v) is 7.08. The molecular weight excluding hydrogens is 303 g/mol. The van der Waals surface area contributed by atoms with Gasteiger partial charge in [-0.1, -0.05) is 11.6 Å². The summed E-state index contributed by atoms with van der Waals surface area (Å²) in [6, 6.07) is 2.55. The molecule has 1 rings (SSSR count). The highest BCUT2D eigenvalue weighted by molar-refractivity contribution is 7.89. The molecule has 0 saturated carbocycles. The molecule has 0 atom stereocenters. The molecule has 0 heterocycles. The van der Waals surface area contributed by atoms with E-state index in [4.69, 9.17) is 11.6 Å². The molecule has 0 fully saturated rings. The highest BCUT2D eigenvalue weighted by atomic mass is 35.5. The summed E-state index contributed by atoms with van der Waals surface area (Å²) >= 11 is 5.49. The first-order valence-corrected chi connectivity index (χ1v) is 7.10. The molecule has 108 valence electrons. The van der Waals surface area contributed by atoms with Crippen molar-refractivity contribution in [1.82, 2.24) is 4.72 Å². The number of alkyl halides is 3. The Balaban J connectivity index is 3.44. The van der Waals surface area contributed by atoms with Crippen LogP contribution >= 0.6 is 11.6 Å². The van der Waals surface area contributed by atoms with Crippen LogP contribution in [0.2, 0.25) is 5.02 Å². The van der Waals surface area contributed by atoms with Crippen molar-refractivity contribution in [1.29, 1.82) is 0 Å². The van der Waals surface area contributed by atoms with Crippen LogP contribution < -0.4 is 4.72 Å². The number of hydrogen-bond donors (Lipinski definition) is 1. The van der Waals surface area contributed by atoms with Crippen molar-refractivity contribution in [3.63, 3.8) is 0 Å². The first-order valence-electron chi connectivity index (χ1n) is 5.24. The van der Waals surface area contributed by atoms with Gasteiger partial charge in [-0.3, -0.25) is 0 Å². The summed E-state index contributed by atoms with van der Waals surface area (Å²) in [6.07, 6.45) is -4.80. The largest absolute Gasteiger partial charge is 0.417 e. The number of hydrogen-bond acceptors (Lipinski definition) is 2. The van der Waals surface area contributed by atoms with E-state index in [0.717, 1.165) is 12.1 Å². The third-order valence-corrected chi connectivity index (χ3v) is 4.03. The average Bonchev–Trinajstić information content (AvgIpc) is 2.11. The molecule has 3 nitrogen and oxygen atoms in total. The zero-order chi connectivity index (χ0) is 15.1. The molecule has 0 saturated heterocycles. The number of rotatable bonds is 2. The molecule has 0 unspecified atom stereocenters. The molecule has 0 spiro atoms. The standard InChI is InChI=1S/C11H13ClF3NO2S/c1-10(2,3)16-19(17,18)9-5-4-7(12)6-8(9)11(13,14)15/h4-6,16H,1-3H3. The van der Waals surface area contributed by atoms with Gasteiger partial charge in [-0.2, -0.15) is 13.2 Å². The van der Waals surface area contributed by atoms with E-state index in [1.165, 1.54) is 20.8 Å². The Kier molecular flexibility index (Phi) is 4.24. The fourth-order valence-electron chi connectivity index (χ4n) is 1.42. The molecule has 0 aliphatic rings. The van der Waals surface area contributed by atoms with Crippen LogP contribution in [0.4, 0.5) is 13.2 Å². The Morgan fingerprint density at radius 2 is 1.68 bits per heavy atom. The second-order valence-electron chi connectivity index (χ2n) is 4.99. The maximum Gasteiger partial charge on any atom is 0.417 e. The minimum atomic E-state index is -4.80. The number of benzene rings is 1. The van der Waals surface area contributed by atoms with Gasteiger partial charge >= 0.3 is 6.18 Å². The minimum absolute atomic E-state index is 0.179. The summed E-state index contributed by atoms with van der Waals surface area (Å²) in [7, 11) is -4.28. The molecule has 1 N–H and O–H groups in total. The summed E-state index contributed by atoms with van der Waals surface area (Å²) in [6.45, 7) is 4.61. The maximum atomic E-state index is 12.8. The van der Waals surface area contributed by atoms with E-state index >= 15 is 0 Å². The highest BCUT2D eigenvalue weighted by Gasteiger charge is 2.38. The van der Waals surface area contributed by atoms with Crippen LogP contribution in [0.15, 0.2) is 23.1 Å². The van der Waals surface area contributed by atoms with Gasteiger partial charge in [0, 0.05) is 10.6 Å². The van der Waals surface area contributed by atoms with Crippen molar-refractivity contribution < 1.29 is 21.6 Å². The molecule has 1 aromatic carbocycles. The Morgan fingerprint density at radius 1 is 1.16 bits per heavy atom.